The summed E-state index contributed by atoms with van der Waals surface area (Å²) in [6, 6.07) is 1.31. The standard InChI is InChI=1S/C24H31F8NO2/c1-21(2,3)10-8-17(9-11-23(27,28)29)33-13-12-22(25,26)18(14-19(34)35)20(33)15-4-6-16(7-5-15)24(30,31)32/h4-7,17-18,20H,8-14H2,1-3H3,(H,34,35)/t17?,18-,20-/m1/s1. The lowest BCUT2D eigenvalue weighted by Crippen LogP contribution is -2.53. The van der Waals surface area contributed by atoms with E-state index < -0.39 is 67.1 Å². The minimum atomic E-state index is -4.67. The topological polar surface area (TPSA) is 40.5 Å². The Labute approximate surface area is 199 Å². The molecule has 200 valence electrons. The number of hydrogen-bond acceptors (Lipinski definition) is 2. The molecule has 1 saturated heterocycles. The molecule has 0 aromatic heterocycles. The molecule has 0 bridgehead atoms. The molecule has 0 amide bonds. The first-order valence-corrected chi connectivity index (χ1v) is 11.4. The van der Waals surface area contributed by atoms with Gasteiger partial charge in [0.2, 0.25) is 0 Å². The first kappa shape index (κ1) is 29.3. The summed E-state index contributed by atoms with van der Waals surface area (Å²) >= 11 is 0. The highest BCUT2D eigenvalue weighted by Gasteiger charge is 2.52. The van der Waals surface area contributed by atoms with Crippen LogP contribution in [0.3, 0.4) is 0 Å². The van der Waals surface area contributed by atoms with Crippen molar-refractivity contribution in [3.05, 3.63) is 35.4 Å². The Morgan fingerprint density at radius 3 is 2.03 bits per heavy atom. The Morgan fingerprint density at radius 2 is 1.57 bits per heavy atom. The van der Waals surface area contributed by atoms with Crippen LogP contribution >= 0.6 is 0 Å². The molecule has 1 aliphatic heterocycles. The number of alkyl halides is 8. The van der Waals surface area contributed by atoms with E-state index >= 15 is 0 Å². The van der Waals surface area contributed by atoms with E-state index in [4.69, 9.17) is 0 Å². The molecule has 0 spiro atoms. The van der Waals surface area contributed by atoms with E-state index in [1.807, 2.05) is 20.8 Å². The second-order valence-corrected chi connectivity index (χ2v) is 10.4. The van der Waals surface area contributed by atoms with Gasteiger partial charge in [-0.05, 0) is 42.4 Å². The fourth-order valence-corrected chi connectivity index (χ4v) is 4.62. The minimum absolute atomic E-state index is 0.0244. The summed E-state index contributed by atoms with van der Waals surface area (Å²) in [6.07, 6.45) is -11.7. The van der Waals surface area contributed by atoms with E-state index in [1.54, 1.807) is 0 Å². The summed E-state index contributed by atoms with van der Waals surface area (Å²) in [5, 5.41) is 9.31. The lowest BCUT2D eigenvalue weighted by atomic mass is 9.77. The Hall–Kier alpha value is -1.91. The number of carboxylic acids is 1. The van der Waals surface area contributed by atoms with Gasteiger partial charge in [-0.2, -0.15) is 26.3 Å². The summed E-state index contributed by atoms with van der Waals surface area (Å²) in [4.78, 5) is 12.9. The van der Waals surface area contributed by atoms with E-state index in [9.17, 15) is 45.0 Å². The van der Waals surface area contributed by atoms with Crippen molar-refractivity contribution in [3.8, 4) is 0 Å². The maximum atomic E-state index is 15.0. The Bertz CT molecular complexity index is 825. The zero-order chi connectivity index (χ0) is 26.8. The molecule has 0 radical (unpaired) electrons. The van der Waals surface area contributed by atoms with Gasteiger partial charge in [0.15, 0.2) is 0 Å². The largest absolute Gasteiger partial charge is 0.481 e. The van der Waals surface area contributed by atoms with E-state index in [1.165, 1.54) is 4.90 Å². The molecule has 0 saturated carbocycles. The van der Waals surface area contributed by atoms with Crippen LogP contribution in [0.4, 0.5) is 35.1 Å². The summed E-state index contributed by atoms with van der Waals surface area (Å²) in [5.74, 6) is -6.79. The monoisotopic (exact) mass is 517 g/mol. The highest BCUT2D eigenvalue weighted by atomic mass is 19.4. The smallest absolute Gasteiger partial charge is 0.416 e. The van der Waals surface area contributed by atoms with Gasteiger partial charge in [0, 0.05) is 31.5 Å². The maximum absolute atomic E-state index is 15.0. The average molecular weight is 518 g/mol. The fraction of sp³-hybridized carbons (Fsp3) is 0.708. The molecule has 1 aromatic carbocycles. The van der Waals surface area contributed by atoms with Gasteiger partial charge in [-0.25, -0.2) is 8.78 Å². The van der Waals surface area contributed by atoms with Crippen LogP contribution in [-0.4, -0.2) is 40.7 Å². The predicted molar refractivity (Wildman–Crippen MR) is 114 cm³/mol. The number of nitrogens with zero attached hydrogens (tertiary/aromatic N) is 1. The van der Waals surface area contributed by atoms with Gasteiger partial charge in [0.05, 0.1) is 17.9 Å². The second kappa shape index (κ2) is 10.6. The van der Waals surface area contributed by atoms with Crippen LogP contribution < -0.4 is 0 Å². The zero-order valence-corrected chi connectivity index (χ0v) is 19.8. The first-order valence-electron chi connectivity index (χ1n) is 11.4. The molecular formula is C24H31F8NO2. The summed E-state index contributed by atoms with van der Waals surface area (Å²) in [5.41, 5.74) is -1.25. The van der Waals surface area contributed by atoms with E-state index in [0.29, 0.717) is 6.42 Å². The van der Waals surface area contributed by atoms with Gasteiger partial charge >= 0.3 is 18.3 Å². The third kappa shape index (κ3) is 8.61. The molecule has 1 unspecified atom stereocenters. The number of aliphatic carboxylic acids is 1. The van der Waals surface area contributed by atoms with Gasteiger partial charge in [0.1, 0.15) is 0 Å². The van der Waals surface area contributed by atoms with Gasteiger partial charge < -0.3 is 5.11 Å². The van der Waals surface area contributed by atoms with Crippen molar-refractivity contribution in [1.82, 2.24) is 4.90 Å². The Morgan fingerprint density at radius 1 is 1.03 bits per heavy atom. The van der Waals surface area contributed by atoms with Crippen LogP contribution in [-0.2, 0) is 11.0 Å². The van der Waals surface area contributed by atoms with Crippen molar-refractivity contribution in [2.75, 3.05) is 6.54 Å². The third-order valence-electron chi connectivity index (χ3n) is 6.42. The lowest BCUT2D eigenvalue weighted by Gasteiger charge is -2.49. The molecular weight excluding hydrogens is 486 g/mol. The van der Waals surface area contributed by atoms with E-state index in [-0.39, 0.29) is 30.4 Å². The summed E-state index contributed by atoms with van der Waals surface area (Å²) < 4.78 is 108. The molecule has 0 aliphatic carbocycles. The first-order chi connectivity index (χ1) is 15.8. The summed E-state index contributed by atoms with van der Waals surface area (Å²) in [7, 11) is 0. The zero-order valence-electron chi connectivity index (χ0n) is 19.8. The van der Waals surface area contributed by atoms with Gasteiger partial charge in [0.25, 0.3) is 5.92 Å². The van der Waals surface area contributed by atoms with Crippen LogP contribution in [0.5, 0.6) is 0 Å². The molecule has 1 heterocycles. The molecule has 11 heteroatoms. The van der Waals surface area contributed by atoms with Crippen molar-refractivity contribution in [3.63, 3.8) is 0 Å². The number of rotatable bonds is 8. The number of hydrogen-bond donors (Lipinski definition) is 1. The molecule has 3 nitrogen and oxygen atoms in total. The van der Waals surface area contributed by atoms with Crippen LogP contribution in [0.2, 0.25) is 0 Å². The highest BCUT2D eigenvalue weighted by Crippen LogP contribution is 2.49. The van der Waals surface area contributed by atoms with E-state index in [2.05, 4.69) is 0 Å². The molecule has 1 aliphatic rings. The predicted octanol–water partition coefficient (Wildman–Crippen LogP) is 7.72. The van der Waals surface area contributed by atoms with Crippen LogP contribution in [0, 0.1) is 11.3 Å². The number of likely N-dealkylation sites (tertiary alicyclic amines) is 1. The second-order valence-electron chi connectivity index (χ2n) is 10.4. The molecule has 2 rings (SSSR count). The van der Waals surface area contributed by atoms with Gasteiger partial charge in [-0.15, -0.1) is 0 Å². The SMILES string of the molecule is CC(C)(C)CCC(CCC(F)(F)F)N1CCC(F)(F)[C@H](CC(=O)O)[C@H]1c1ccc(C(F)(F)F)cc1. The number of piperidine rings is 1. The van der Waals surface area contributed by atoms with Gasteiger partial charge in [-0.1, -0.05) is 32.9 Å². The Kier molecular flexibility index (Phi) is 8.88. The fourth-order valence-electron chi connectivity index (χ4n) is 4.62. The Balaban J connectivity index is 2.54. The van der Waals surface area contributed by atoms with Crippen LogP contribution in [0.15, 0.2) is 24.3 Å². The van der Waals surface area contributed by atoms with Crippen molar-refractivity contribution in [1.29, 1.82) is 0 Å². The van der Waals surface area contributed by atoms with Gasteiger partial charge in [-0.3, -0.25) is 9.69 Å². The number of benzene rings is 1. The quantitative estimate of drug-likeness (QED) is 0.359. The summed E-state index contributed by atoms with van der Waals surface area (Å²) in [6.45, 7) is 5.36. The van der Waals surface area contributed by atoms with E-state index in [0.717, 1.165) is 24.3 Å². The van der Waals surface area contributed by atoms with Crippen LogP contribution in [0.25, 0.3) is 0 Å². The average Bonchev–Trinajstić information content (AvgIpc) is 2.67. The molecule has 3 atom stereocenters. The molecule has 35 heavy (non-hydrogen) atoms. The number of halogens is 8. The number of carboxylic acid groups (broad SMARTS) is 1. The lowest BCUT2D eigenvalue weighted by molar-refractivity contribution is -0.167. The molecule has 1 fully saturated rings. The van der Waals surface area contributed by atoms with Crippen LogP contribution in [0.1, 0.15) is 76.5 Å². The normalized spacial score (nSPS) is 22.7. The van der Waals surface area contributed by atoms with Crippen molar-refractivity contribution in [2.45, 2.75) is 89.7 Å². The molecule has 1 N–H and O–H groups in total. The number of carbonyl (C=O) groups is 1. The van der Waals surface area contributed by atoms with Crippen molar-refractivity contribution < 1.29 is 45.0 Å². The molecule has 1 aromatic rings. The highest BCUT2D eigenvalue weighted by molar-refractivity contribution is 5.67. The maximum Gasteiger partial charge on any atom is 0.416 e. The third-order valence-corrected chi connectivity index (χ3v) is 6.42. The minimum Gasteiger partial charge on any atom is -0.481 e. The van der Waals surface area contributed by atoms with Crippen molar-refractivity contribution >= 4 is 5.97 Å². The van der Waals surface area contributed by atoms with Crippen molar-refractivity contribution in [2.24, 2.45) is 11.3 Å².